The molecule has 12 nitrogen and oxygen atoms in total. The number of hydrogen-bond donors (Lipinski definition) is 2. The summed E-state index contributed by atoms with van der Waals surface area (Å²) in [6.45, 7) is 7.47. The molecule has 6 aliphatic rings. The van der Waals surface area contributed by atoms with Crippen molar-refractivity contribution < 1.29 is 42.8 Å². The molecule has 8 rings (SSSR count). The number of methoxy groups -OCH3 is 3. The summed E-state index contributed by atoms with van der Waals surface area (Å²) in [6.07, 6.45) is 7.99. The van der Waals surface area contributed by atoms with E-state index in [1.54, 1.807) is 26.4 Å². The van der Waals surface area contributed by atoms with Crippen LogP contribution in [0.25, 0.3) is 0 Å². The second-order valence-electron chi connectivity index (χ2n) is 17.1. The third-order valence-electron chi connectivity index (χ3n) is 12.4. The number of esters is 1. The summed E-state index contributed by atoms with van der Waals surface area (Å²) >= 11 is 0. The van der Waals surface area contributed by atoms with Gasteiger partial charge >= 0.3 is 18.2 Å². The first-order chi connectivity index (χ1) is 25.4. The Morgan fingerprint density at radius 1 is 0.849 bits per heavy atom. The molecule has 12 heteroatoms. The van der Waals surface area contributed by atoms with E-state index >= 15 is 0 Å². The molecule has 5 atom stereocenters. The highest BCUT2D eigenvalue weighted by Gasteiger charge is 2.60. The minimum Gasteiger partial charge on any atom is -0.493 e. The molecule has 6 fully saturated rings. The monoisotopic (exact) mass is 733 g/mol. The molecule has 0 radical (unpaired) electrons. The van der Waals surface area contributed by atoms with Gasteiger partial charge in [-0.1, -0.05) is 26.0 Å². The van der Waals surface area contributed by atoms with Crippen LogP contribution in [0.2, 0.25) is 0 Å². The number of benzene rings is 2. The van der Waals surface area contributed by atoms with E-state index < -0.39 is 6.09 Å². The Morgan fingerprint density at radius 3 is 2.19 bits per heavy atom. The fraction of sp³-hybridized carbons (Fsp3) is 0.634. The van der Waals surface area contributed by atoms with Crippen LogP contribution in [0.4, 0.5) is 9.59 Å². The van der Waals surface area contributed by atoms with Crippen LogP contribution in [0.1, 0.15) is 69.9 Å². The van der Waals surface area contributed by atoms with Crippen LogP contribution < -0.4 is 29.6 Å². The minimum atomic E-state index is -0.564. The van der Waals surface area contributed by atoms with Gasteiger partial charge in [0, 0.05) is 37.1 Å². The Balaban J connectivity index is 0.856. The van der Waals surface area contributed by atoms with Crippen molar-refractivity contribution in [2.45, 2.75) is 83.2 Å². The van der Waals surface area contributed by atoms with Gasteiger partial charge in [-0.15, -0.1) is 0 Å². The van der Waals surface area contributed by atoms with Crippen molar-refractivity contribution in [2.75, 3.05) is 54.2 Å². The molecule has 2 N–H and O–H groups in total. The number of carbonyl (C=O) groups is 3. The highest BCUT2D eigenvalue weighted by atomic mass is 16.6. The van der Waals surface area contributed by atoms with E-state index in [1.807, 2.05) is 24.3 Å². The van der Waals surface area contributed by atoms with Crippen LogP contribution in [-0.4, -0.2) is 88.8 Å². The summed E-state index contributed by atoms with van der Waals surface area (Å²) in [5.41, 5.74) is 2.41. The fourth-order valence-electron chi connectivity index (χ4n) is 11.1. The van der Waals surface area contributed by atoms with Crippen LogP contribution in [0.3, 0.4) is 0 Å². The van der Waals surface area contributed by atoms with Crippen molar-refractivity contribution >= 4 is 18.2 Å². The van der Waals surface area contributed by atoms with Gasteiger partial charge < -0.3 is 39.1 Å². The highest BCUT2D eigenvalue weighted by molar-refractivity contribution is 5.75. The van der Waals surface area contributed by atoms with Crippen molar-refractivity contribution in [1.29, 1.82) is 0 Å². The van der Waals surface area contributed by atoms with E-state index in [0.29, 0.717) is 78.9 Å². The lowest BCUT2D eigenvalue weighted by atomic mass is 9.43. The summed E-state index contributed by atoms with van der Waals surface area (Å²) in [5.74, 6) is 2.12. The number of amides is 2. The number of rotatable bonds is 13. The molecule has 4 saturated carbocycles. The zero-order valence-electron chi connectivity index (χ0n) is 31.8. The lowest BCUT2D eigenvalue weighted by Gasteiger charge is -2.65. The number of nitrogens with zero attached hydrogens (tertiary/aromatic N) is 1. The topological polar surface area (TPSA) is 134 Å². The van der Waals surface area contributed by atoms with E-state index in [4.69, 9.17) is 28.4 Å². The van der Waals surface area contributed by atoms with Crippen molar-refractivity contribution in [3.63, 3.8) is 0 Å². The molecular formula is C41H55N3O9. The van der Waals surface area contributed by atoms with Crippen LogP contribution in [-0.2, 0) is 27.1 Å². The predicted octanol–water partition coefficient (Wildman–Crippen LogP) is 5.92. The Bertz CT molecular complexity index is 1680. The van der Waals surface area contributed by atoms with Gasteiger partial charge in [-0.05, 0) is 110 Å². The molecule has 2 unspecified atom stereocenters. The maximum atomic E-state index is 12.9. The van der Waals surface area contributed by atoms with Crippen LogP contribution >= 0.6 is 0 Å². The summed E-state index contributed by atoms with van der Waals surface area (Å²) in [5, 5.41) is 6.28. The van der Waals surface area contributed by atoms with E-state index in [0.717, 1.165) is 43.4 Å². The van der Waals surface area contributed by atoms with Crippen molar-refractivity contribution in [3.8, 4) is 23.0 Å². The summed E-state index contributed by atoms with van der Waals surface area (Å²) in [6, 6.07) is 11.0. The Labute approximate surface area is 312 Å². The van der Waals surface area contributed by atoms with Crippen molar-refractivity contribution in [2.24, 2.45) is 28.6 Å². The largest absolute Gasteiger partial charge is 0.493 e. The second-order valence-corrected chi connectivity index (χ2v) is 17.1. The lowest BCUT2D eigenvalue weighted by Crippen LogP contribution is -2.65. The number of alkyl carbamates (subject to hydrolysis) is 1. The van der Waals surface area contributed by atoms with Gasteiger partial charge in [-0.3, -0.25) is 9.69 Å². The Hall–Kier alpha value is -4.19. The van der Waals surface area contributed by atoms with E-state index in [1.165, 1.54) is 26.4 Å². The van der Waals surface area contributed by atoms with Crippen LogP contribution in [0, 0.1) is 28.6 Å². The molecule has 0 aromatic heterocycles. The van der Waals surface area contributed by atoms with Crippen molar-refractivity contribution in [1.82, 2.24) is 15.5 Å². The molecule has 4 bridgehead atoms. The molecule has 288 valence electrons. The second kappa shape index (κ2) is 14.9. The predicted molar refractivity (Wildman–Crippen MR) is 197 cm³/mol. The number of hydrogen-bond acceptors (Lipinski definition) is 10. The average molecular weight is 734 g/mol. The van der Waals surface area contributed by atoms with Gasteiger partial charge in [0.2, 0.25) is 0 Å². The van der Waals surface area contributed by atoms with Gasteiger partial charge in [0.15, 0.2) is 23.0 Å². The molecule has 53 heavy (non-hydrogen) atoms. The first kappa shape index (κ1) is 37.1. The van der Waals surface area contributed by atoms with Crippen LogP contribution in [0.15, 0.2) is 36.4 Å². The Kier molecular flexibility index (Phi) is 10.5. The van der Waals surface area contributed by atoms with Gasteiger partial charge in [0.1, 0.15) is 6.61 Å². The zero-order valence-corrected chi connectivity index (χ0v) is 31.8. The first-order valence-electron chi connectivity index (χ1n) is 19.1. The third kappa shape index (κ3) is 8.32. The normalized spacial score (nSPS) is 31.5. The number of nitrogens with one attached hydrogen (secondary N) is 2. The minimum absolute atomic E-state index is 0.0122. The maximum Gasteiger partial charge on any atom is 0.412 e. The molecule has 2 heterocycles. The van der Waals surface area contributed by atoms with E-state index in [9.17, 15) is 14.4 Å². The number of ether oxygens (including phenoxy) is 6. The van der Waals surface area contributed by atoms with Gasteiger partial charge in [-0.2, -0.15) is 0 Å². The zero-order chi connectivity index (χ0) is 37.4. The summed E-state index contributed by atoms with van der Waals surface area (Å²) in [7, 11) is 4.72. The highest BCUT2D eigenvalue weighted by Crippen LogP contribution is 2.66. The third-order valence-corrected chi connectivity index (χ3v) is 12.4. The quantitative estimate of drug-likeness (QED) is 0.239. The lowest BCUT2D eigenvalue weighted by molar-refractivity contribution is -0.141. The summed E-state index contributed by atoms with van der Waals surface area (Å²) in [4.78, 5) is 40.8. The van der Waals surface area contributed by atoms with Gasteiger partial charge in [0.05, 0.1) is 33.9 Å². The van der Waals surface area contributed by atoms with Gasteiger partial charge in [-0.25, -0.2) is 9.59 Å². The number of likely N-dealkylation sites (tertiary alicyclic amines) is 1. The molecule has 2 aromatic rings. The van der Waals surface area contributed by atoms with Crippen molar-refractivity contribution in [3.05, 3.63) is 47.5 Å². The summed E-state index contributed by atoms with van der Waals surface area (Å²) < 4.78 is 33.2. The van der Waals surface area contributed by atoms with Gasteiger partial charge in [0.25, 0.3) is 0 Å². The SMILES string of the molecule is COc1ccc(C[C@H]2COC(=O)[C@@H]2Cc2ccc(OC(=O)N[C@H]3CCN(CCOC(=O)NC45CC6CC(C)(CC(C)(C6)C4)C5)C3)c(OC)c2)cc1OC. The number of carbonyl (C=O) groups excluding carboxylic acids is 3. The fourth-order valence-corrected chi connectivity index (χ4v) is 11.1. The molecule has 2 amide bonds. The molecule has 2 aliphatic heterocycles. The average Bonchev–Trinajstić information content (AvgIpc) is 3.68. The van der Waals surface area contributed by atoms with Crippen LogP contribution in [0.5, 0.6) is 23.0 Å². The first-order valence-corrected chi connectivity index (χ1v) is 19.1. The maximum absolute atomic E-state index is 12.9. The molecule has 4 aliphatic carbocycles. The smallest absolute Gasteiger partial charge is 0.412 e. The molecule has 2 saturated heterocycles. The van der Waals surface area contributed by atoms with E-state index in [-0.39, 0.29) is 35.5 Å². The standard InChI is InChI=1S/C41H55N3O9/c1-39-18-28-19-40(2,23-39)25-41(20-28,24-39)43-38(47)51-13-12-44-11-10-30(21-44)42-37(46)53-33-9-7-27(17-35(33)50-5)15-31-29(22-52-36(31)45)14-26-6-8-32(48-3)34(16-26)49-4/h6-9,16-17,28-31H,10-15,18-25H2,1-5H3,(H,42,46)(H,43,47)/t28?,29-,30-,31+,39?,40?,41?/m0/s1. The number of cyclic esters (lactones) is 1. The molecule has 0 spiro atoms. The molecular weight excluding hydrogens is 678 g/mol. The van der Waals surface area contributed by atoms with E-state index in [2.05, 4.69) is 29.4 Å². The Morgan fingerprint density at radius 2 is 1.51 bits per heavy atom. The molecule has 2 aromatic carbocycles.